The molecule has 1 aliphatic heterocycles. The number of aromatic nitrogens is 1. The number of hydrogen-bond donors (Lipinski definition) is 1. The van der Waals surface area contributed by atoms with E-state index in [4.69, 9.17) is 11.0 Å². The summed E-state index contributed by atoms with van der Waals surface area (Å²) in [6.07, 6.45) is 2.63. The second-order valence-electron chi connectivity index (χ2n) is 3.82. The summed E-state index contributed by atoms with van der Waals surface area (Å²) in [5.41, 5.74) is 5.86. The van der Waals surface area contributed by atoms with E-state index in [0.29, 0.717) is 6.54 Å². The van der Waals surface area contributed by atoms with Crippen molar-refractivity contribution in [3.8, 4) is 6.07 Å². The Labute approximate surface area is 101 Å². The second-order valence-corrected chi connectivity index (χ2v) is 3.82. The SMILES string of the molecule is Cl.N#CC1CN(c2ccccn2)CCC1N. The van der Waals surface area contributed by atoms with E-state index in [-0.39, 0.29) is 24.4 Å². The van der Waals surface area contributed by atoms with Crippen LogP contribution in [0.5, 0.6) is 0 Å². The minimum absolute atomic E-state index is 0. The van der Waals surface area contributed by atoms with Gasteiger partial charge >= 0.3 is 0 Å². The monoisotopic (exact) mass is 238 g/mol. The number of rotatable bonds is 1. The number of halogens is 1. The maximum absolute atomic E-state index is 8.95. The largest absolute Gasteiger partial charge is 0.355 e. The highest BCUT2D eigenvalue weighted by Crippen LogP contribution is 2.19. The minimum Gasteiger partial charge on any atom is -0.355 e. The molecule has 2 unspecified atom stereocenters. The van der Waals surface area contributed by atoms with Crippen LogP contribution in [0.15, 0.2) is 24.4 Å². The Balaban J connectivity index is 0.00000128. The fourth-order valence-corrected chi connectivity index (χ4v) is 1.86. The summed E-state index contributed by atoms with van der Waals surface area (Å²) in [5, 5.41) is 8.95. The van der Waals surface area contributed by atoms with Gasteiger partial charge in [-0.25, -0.2) is 4.98 Å². The smallest absolute Gasteiger partial charge is 0.128 e. The molecule has 1 aromatic rings. The molecular formula is C11H15ClN4. The summed E-state index contributed by atoms with van der Waals surface area (Å²) < 4.78 is 0. The number of hydrogen-bond acceptors (Lipinski definition) is 4. The number of nitrogens with two attached hydrogens (primary N) is 1. The Morgan fingerprint density at radius 1 is 1.50 bits per heavy atom. The third-order valence-corrected chi connectivity index (χ3v) is 2.81. The maximum Gasteiger partial charge on any atom is 0.128 e. The van der Waals surface area contributed by atoms with Crippen molar-refractivity contribution in [2.75, 3.05) is 18.0 Å². The molecule has 0 bridgehead atoms. The molecule has 1 aromatic heterocycles. The number of nitriles is 1. The molecule has 1 fully saturated rings. The van der Waals surface area contributed by atoms with Crippen molar-refractivity contribution in [3.05, 3.63) is 24.4 Å². The molecule has 16 heavy (non-hydrogen) atoms. The van der Waals surface area contributed by atoms with E-state index in [0.717, 1.165) is 18.8 Å². The van der Waals surface area contributed by atoms with Crippen molar-refractivity contribution in [1.82, 2.24) is 4.98 Å². The molecule has 1 aliphatic rings. The third-order valence-electron chi connectivity index (χ3n) is 2.81. The van der Waals surface area contributed by atoms with Gasteiger partial charge in [0.15, 0.2) is 0 Å². The lowest BCUT2D eigenvalue weighted by molar-refractivity contribution is 0.422. The molecular weight excluding hydrogens is 224 g/mol. The molecule has 5 heteroatoms. The van der Waals surface area contributed by atoms with E-state index in [1.807, 2.05) is 18.2 Å². The molecule has 86 valence electrons. The molecule has 0 radical (unpaired) electrons. The Morgan fingerprint density at radius 2 is 2.31 bits per heavy atom. The van der Waals surface area contributed by atoms with Crippen LogP contribution in [0.3, 0.4) is 0 Å². The molecule has 2 atom stereocenters. The molecule has 4 nitrogen and oxygen atoms in total. The van der Waals surface area contributed by atoms with Crippen molar-refractivity contribution >= 4 is 18.2 Å². The van der Waals surface area contributed by atoms with Crippen LogP contribution in [0.4, 0.5) is 5.82 Å². The quantitative estimate of drug-likeness (QED) is 0.798. The highest BCUT2D eigenvalue weighted by atomic mass is 35.5. The first-order chi connectivity index (χ1) is 7.31. The molecule has 0 aliphatic carbocycles. The lowest BCUT2D eigenvalue weighted by atomic mass is 9.94. The second kappa shape index (κ2) is 5.69. The third kappa shape index (κ3) is 2.63. The van der Waals surface area contributed by atoms with Crippen molar-refractivity contribution < 1.29 is 0 Å². The van der Waals surface area contributed by atoms with Gasteiger partial charge in [-0.3, -0.25) is 0 Å². The van der Waals surface area contributed by atoms with E-state index >= 15 is 0 Å². The van der Waals surface area contributed by atoms with Crippen molar-refractivity contribution in [2.45, 2.75) is 12.5 Å². The maximum atomic E-state index is 8.95. The molecule has 0 saturated carbocycles. The topological polar surface area (TPSA) is 65.9 Å². The highest BCUT2D eigenvalue weighted by Gasteiger charge is 2.26. The van der Waals surface area contributed by atoms with Crippen LogP contribution in [0.25, 0.3) is 0 Å². The number of pyridine rings is 1. The Kier molecular flexibility index (Phi) is 4.53. The van der Waals surface area contributed by atoms with Crippen molar-refractivity contribution in [3.63, 3.8) is 0 Å². The fourth-order valence-electron chi connectivity index (χ4n) is 1.86. The first-order valence-corrected chi connectivity index (χ1v) is 5.12. The minimum atomic E-state index is -0.0826. The predicted molar refractivity (Wildman–Crippen MR) is 65.4 cm³/mol. The molecule has 0 spiro atoms. The van der Waals surface area contributed by atoms with E-state index < -0.39 is 0 Å². The van der Waals surface area contributed by atoms with Gasteiger partial charge < -0.3 is 10.6 Å². The Morgan fingerprint density at radius 3 is 2.94 bits per heavy atom. The van der Waals surface area contributed by atoms with Gasteiger partial charge in [-0.1, -0.05) is 6.07 Å². The average molecular weight is 239 g/mol. The van der Waals surface area contributed by atoms with Gasteiger partial charge in [-0.15, -0.1) is 12.4 Å². The van der Waals surface area contributed by atoms with Gasteiger partial charge in [0.1, 0.15) is 5.82 Å². The first-order valence-electron chi connectivity index (χ1n) is 5.12. The van der Waals surface area contributed by atoms with Gasteiger partial charge in [-0.05, 0) is 18.6 Å². The van der Waals surface area contributed by atoms with E-state index in [9.17, 15) is 0 Å². The molecule has 2 rings (SSSR count). The first kappa shape index (κ1) is 12.8. The van der Waals surface area contributed by atoms with Crippen LogP contribution in [-0.4, -0.2) is 24.1 Å². The van der Waals surface area contributed by atoms with Crippen LogP contribution in [0, 0.1) is 17.2 Å². The fraction of sp³-hybridized carbons (Fsp3) is 0.455. The van der Waals surface area contributed by atoms with Crippen molar-refractivity contribution in [1.29, 1.82) is 5.26 Å². The zero-order valence-corrected chi connectivity index (χ0v) is 9.73. The summed E-state index contributed by atoms with van der Waals surface area (Å²) >= 11 is 0. The number of piperidine rings is 1. The molecule has 2 N–H and O–H groups in total. The number of anilines is 1. The molecule has 1 saturated heterocycles. The highest BCUT2D eigenvalue weighted by molar-refractivity contribution is 5.85. The number of nitrogens with zero attached hydrogens (tertiary/aromatic N) is 3. The normalized spacial score (nSPS) is 24.4. The van der Waals surface area contributed by atoms with E-state index in [1.54, 1.807) is 6.20 Å². The zero-order chi connectivity index (χ0) is 10.7. The summed E-state index contributed by atoms with van der Waals surface area (Å²) in [7, 11) is 0. The van der Waals surface area contributed by atoms with Crippen LogP contribution >= 0.6 is 12.4 Å². The van der Waals surface area contributed by atoms with Gasteiger partial charge in [0.05, 0.1) is 12.0 Å². The zero-order valence-electron chi connectivity index (χ0n) is 8.91. The average Bonchev–Trinajstić information content (AvgIpc) is 2.31. The van der Waals surface area contributed by atoms with Crippen LogP contribution in [0.2, 0.25) is 0 Å². The Bertz CT molecular complexity index is 362. The standard InChI is InChI=1S/C11H14N4.ClH/c12-7-9-8-15(6-4-10(9)13)11-3-1-2-5-14-11;/h1-3,5,9-10H,4,6,8,13H2;1H. The van der Waals surface area contributed by atoms with Crippen LogP contribution in [0.1, 0.15) is 6.42 Å². The van der Waals surface area contributed by atoms with Gasteiger partial charge in [0, 0.05) is 25.3 Å². The van der Waals surface area contributed by atoms with Crippen LogP contribution in [-0.2, 0) is 0 Å². The lowest BCUT2D eigenvalue weighted by Gasteiger charge is -2.34. The van der Waals surface area contributed by atoms with E-state index in [2.05, 4.69) is 16.0 Å². The summed E-state index contributed by atoms with van der Waals surface area (Å²) in [6, 6.07) is 8.08. The van der Waals surface area contributed by atoms with Gasteiger partial charge in [0.25, 0.3) is 0 Å². The molecule has 2 heterocycles. The van der Waals surface area contributed by atoms with Gasteiger partial charge in [0.2, 0.25) is 0 Å². The summed E-state index contributed by atoms with van der Waals surface area (Å²) in [5.74, 6) is 0.852. The summed E-state index contributed by atoms with van der Waals surface area (Å²) in [4.78, 5) is 6.39. The van der Waals surface area contributed by atoms with E-state index in [1.165, 1.54) is 0 Å². The van der Waals surface area contributed by atoms with Crippen LogP contribution < -0.4 is 10.6 Å². The molecule has 0 aromatic carbocycles. The summed E-state index contributed by atoms with van der Waals surface area (Å²) in [6.45, 7) is 1.57. The van der Waals surface area contributed by atoms with Crippen molar-refractivity contribution in [2.24, 2.45) is 11.7 Å². The van der Waals surface area contributed by atoms with Gasteiger partial charge in [-0.2, -0.15) is 5.26 Å². The molecule has 0 amide bonds. The predicted octanol–water partition coefficient (Wildman–Crippen LogP) is 1.18. The lowest BCUT2D eigenvalue weighted by Crippen LogP contribution is -2.46. The Hall–Kier alpha value is -1.31.